The van der Waals surface area contributed by atoms with Gasteiger partial charge in [0.05, 0.1) is 19.9 Å². The quantitative estimate of drug-likeness (QED) is 0.176. The van der Waals surface area contributed by atoms with Crippen molar-refractivity contribution in [1.82, 2.24) is 5.32 Å². The number of anilines is 2. The number of ether oxygens (including phenoxy) is 3. The maximum Gasteiger partial charge on any atom is 0.407 e. The van der Waals surface area contributed by atoms with Crippen LogP contribution in [-0.4, -0.2) is 47.4 Å². The second kappa shape index (κ2) is 14.3. The molecule has 0 unspecified atom stereocenters. The molecule has 4 rings (SSSR count). The number of nitrogens with zero attached hydrogens (tertiary/aromatic N) is 1. The van der Waals surface area contributed by atoms with Crippen molar-refractivity contribution < 1.29 is 31.8 Å². The van der Waals surface area contributed by atoms with E-state index in [1.165, 1.54) is 44.6 Å². The minimum absolute atomic E-state index is 0.102. The van der Waals surface area contributed by atoms with Crippen LogP contribution in [0.5, 0.6) is 11.5 Å². The molecule has 0 aromatic heterocycles. The van der Waals surface area contributed by atoms with Crippen LogP contribution in [0.15, 0.2) is 95.9 Å². The number of amides is 1. The minimum atomic E-state index is -4.18. The molecule has 0 saturated heterocycles. The van der Waals surface area contributed by atoms with Gasteiger partial charge in [0.2, 0.25) is 0 Å². The van der Waals surface area contributed by atoms with Gasteiger partial charge in [-0.25, -0.2) is 17.6 Å². The van der Waals surface area contributed by atoms with Gasteiger partial charge < -0.3 is 24.4 Å². The molecule has 0 bridgehead atoms. The normalized spacial score (nSPS) is 11.4. The van der Waals surface area contributed by atoms with E-state index in [0.717, 1.165) is 11.3 Å². The van der Waals surface area contributed by atoms with Gasteiger partial charge in [0.1, 0.15) is 27.8 Å². The summed E-state index contributed by atoms with van der Waals surface area (Å²) in [5, 5.41) is 2.78. The molecular formula is C34H38FN3O6S. The van der Waals surface area contributed by atoms with Crippen LogP contribution in [0.25, 0.3) is 11.1 Å². The van der Waals surface area contributed by atoms with E-state index in [1.807, 2.05) is 41.3 Å². The van der Waals surface area contributed by atoms with Gasteiger partial charge >= 0.3 is 6.09 Å². The second-order valence-corrected chi connectivity index (χ2v) is 12.9. The molecule has 0 spiro atoms. The Bertz CT molecular complexity index is 1730. The molecule has 0 atom stereocenters. The second-order valence-electron chi connectivity index (χ2n) is 11.2. The van der Waals surface area contributed by atoms with Gasteiger partial charge in [0.25, 0.3) is 10.0 Å². The van der Waals surface area contributed by atoms with E-state index in [9.17, 15) is 17.6 Å². The third-order valence-electron chi connectivity index (χ3n) is 6.67. The molecule has 1 amide bonds. The van der Waals surface area contributed by atoms with Crippen LogP contribution < -0.4 is 24.4 Å². The van der Waals surface area contributed by atoms with Crippen LogP contribution in [0, 0.1) is 5.82 Å². The molecule has 9 nitrogen and oxygen atoms in total. The molecule has 0 radical (unpaired) electrons. The smallest absolute Gasteiger partial charge is 0.407 e. The number of halogens is 1. The summed E-state index contributed by atoms with van der Waals surface area (Å²) in [6.45, 7) is 6.61. The molecule has 0 saturated carbocycles. The lowest BCUT2D eigenvalue weighted by Gasteiger charge is -2.26. The molecular weight excluding hydrogens is 597 g/mol. The lowest BCUT2D eigenvalue weighted by atomic mass is 10.0. The fourth-order valence-corrected chi connectivity index (χ4v) is 5.84. The summed E-state index contributed by atoms with van der Waals surface area (Å²) >= 11 is 0. The fraction of sp³-hybridized carbons (Fsp3) is 0.265. The molecule has 238 valence electrons. The molecule has 4 aromatic rings. The number of methoxy groups -OCH3 is 2. The molecule has 0 heterocycles. The Kier molecular flexibility index (Phi) is 10.6. The Morgan fingerprint density at radius 1 is 0.889 bits per heavy atom. The number of nitrogens with one attached hydrogen (secondary N) is 2. The van der Waals surface area contributed by atoms with E-state index in [0.29, 0.717) is 36.6 Å². The van der Waals surface area contributed by atoms with Crippen molar-refractivity contribution >= 4 is 27.5 Å². The molecule has 2 N–H and O–H groups in total. The van der Waals surface area contributed by atoms with Crippen molar-refractivity contribution in [3.8, 4) is 22.6 Å². The van der Waals surface area contributed by atoms with Crippen molar-refractivity contribution in [2.75, 3.05) is 36.9 Å². The van der Waals surface area contributed by atoms with Gasteiger partial charge in [-0.15, -0.1) is 0 Å². The van der Waals surface area contributed by atoms with Crippen molar-refractivity contribution in [3.63, 3.8) is 0 Å². The summed E-state index contributed by atoms with van der Waals surface area (Å²) < 4.78 is 60.8. The fourth-order valence-electron chi connectivity index (χ4n) is 4.59. The highest BCUT2D eigenvalue weighted by molar-refractivity contribution is 7.92. The number of alkyl carbamates (subject to hydrolysis) is 1. The van der Waals surface area contributed by atoms with E-state index < -0.39 is 27.5 Å². The zero-order valence-corrected chi connectivity index (χ0v) is 26.8. The van der Waals surface area contributed by atoms with Gasteiger partial charge in [-0.05, 0) is 80.4 Å². The third-order valence-corrected chi connectivity index (χ3v) is 8.07. The van der Waals surface area contributed by atoms with Crippen molar-refractivity contribution in [1.29, 1.82) is 0 Å². The predicted molar refractivity (Wildman–Crippen MR) is 174 cm³/mol. The number of sulfonamides is 1. The first-order valence-corrected chi connectivity index (χ1v) is 15.8. The lowest BCUT2D eigenvalue weighted by Crippen LogP contribution is -2.38. The Morgan fingerprint density at radius 2 is 1.64 bits per heavy atom. The average Bonchev–Trinajstić information content (AvgIpc) is 3.00. The number of carbonyl (C=O) groups is 1. The van der Waals surface area contributed by atoms with E-state index in [2.05, 4.69) is 10.0 Å². The van der Waals surface area contributed by atoms with Crippen molar-refractivity contribution in [2.24, 2.45) is 0 Å². The molecule has 0 aliphatic carbocycles. The lowest BCUT2D eigenvalue weighted by molar-refractivity contribution is 0.0529. The third kappa shape index (κ3) is 9.12. The largest absolute Gasteiger partial charge is 0.497 e. The van der Waals surface area contributed by atoms with Gasteiger partial charge in [0, 0.05) is 30.9 Å². The number of benzene rings is 4. The Labute approximate surface area is 264 Å². The van der Waals surface area contributed by atoms with Crippen LogP contribution in [0.2, 0.25) is 0 Å². The number of hydrogen-bond acceptors (Lipinski definition) is 7. The molecule has 0 aliphatic heterocycles. The van der Waals surface area contributed by atoms with Crippen molar-refractivity contribution in [2.45, 2.75) is 37.8 Å². The summed E-state index contributed by atoms with van der Waals surface area (Å²) in [6.07, 6.45) is -0.520. The number of hydrogen-bond donors (Lipinski definition) is 2. The Hall–Kier alpha value is -4.77. The van der Waals surface area contributed by atoms with Gasteiger partial charge in [-0.3, -0.25) is 4.72 Å². The molecule has 0 fully saturated rings. The monoisotopic (exact) mass is 635 g/mol. The van der Waals surface area contributed by atoms with Crippen molar-refractivity contribution in [3.05, 3.63) is 102 Å². The average molecular weight is 636 g/mol. The van der Waals surface area contributed by atoms with Crippen LogP contribution in [0.1, 0.15) is 26.3 Å². The first-order valence-electron chi connectivity index (χ1n) is 14.3. The van der Waals surface area contributed by atoms with E-state index >= 15 is 0 Å². The standard InChI is InChI=1S/C34H38FN3O6S/c1-34(2,3)44-33(39)36-18-19-38(23-24-10-7-6-8-11-24)27-13-9-12-26(21-27)37-45(40,41)32-20-25(14-17-31(32)43-5)29-22-28(42-4)15-16-30(29)35/h6-17,20-22,37H,18-19,23H2,1-5H3,(H,36,39). The minimum Gasteiger partial charge on any atom is -0.497 e. The predicted octanol–water partition coefficient (Wildman–Crippen LogP) is 6.84. The molecule has 45 heavy (non-hydrogen) atoms. The maximum absolute atomic E-state index is 14.7. The molecule has 0 aliphatic rings. The summed E-state index contributed by atoms with van der Waals surface area (Å²) in [5.74, 6) is 0.0113. The highest BCUT2D eigenvalue weighted by Gasteiger charge is 2.23. The highest BCUT2D eigenvalue weighted by Crippen LogP contribution is 2.34. The van der Waals surface area contributed by atoms with E-state index in [4.69, 9.17) is 14.2 Å². The first-order chi connectivity index (χ1) is 21.4. The zero-order chi connectivity index (χ0) is 32.6. The summed E-state index contributed by atoms with van der Waals surface area (Å²) in [7, 11) is -1.34. The van der Waals surface area contributed by atoms with Crippen LogP contribution in [-0.2, 0) is 21.3 Å². The maximum atomic E-state index is 14.7. The molecule has 4 aromatic carbocycles. The number of carbonyl (C=O) groups excluding carboxylic acids is 1. The number of rotatable bonds is 12. The Balaban J connectivity index is 1.61. The zero-order valence-electron chi connectivity index (χ0n) is 26.0. The van der Waals surface area contributed by atoms with Crippen LogP contribution in [0.3, 0.4) is 0 Å². The van der Waals surface area contributed by atoms with Gasteiger partial charge in [-0.1, -0.05) is 42.5 Å². The summed E-state index contributed by atoms with van der Waals surface area (Å²) in [5.41, 5.74) is 1.98. The van der Waals surface area contributed by atoms with Crippen LogP contribution in [0.4, 0.5) is 20.6 Å². The van der Waals surface area contributed by atoms with Crippen LogP contribution >= 0.6 is 0 Å². The van der Waals surface area contributed by atoms with Gasteiger partial charge in [0.15, 0.2) is 0 Å². The van der Waals surface area contributed by atoms with E-state index in [1.54, 1.807) is 45.0 Å². The summed E-state index contributed by atoms with van der Waals surface area (Å²) in [4.78, 5) is 14.1. The SMILES string of the molecule is COc1ccc(F)c(-c2ccc(OC)c(S(=O)(=O)Nc3cccc(N(CCNC(=O)OC(C)(C)C)Cc4ccccc4)c3)c2)c1. The Morgan fingerprint density at radius 3 is 2.33 bits per heavy atom. The first kappa shape index (κ1) is 33.1. The van der Waals surface area contributed by atoms with E-state index in [-0.39, 0.29) is 16.2 Å². The topological polar surface area (TPSA) is 106 Å². The summed E-state index contributed by atoms with van der Waals surface area (Å²) in [6, 6.07) is 25.4. The molecule has 11 heteroatoms. The van der Waals surface area contributed by atoms with Gasteiger partial charge in [-0.2, -0.15) is 0 Å². The highest BCUT2D eigenvalue weighted by atomic mass is 32.2.